The van der Waals surface area contributed by atoms with Gasteiger partial charge in [-0.25, -0.2) is 14.8 Å². The number of nitrogens with one attached hydrogen (secondary N) is 2. The fourth-order valence-electron chi connectivity index (χ4n) is 2.97. The van der Waals surface area contributed by atoms with Crippen molar-refractivity contribution in [1.82, 2.24) is 15.0 Å². The molecule has 1 amide bonds. The Labute approximate surface area is 171 Å². The van der Waals surface area contributed by atoms with Crippen LogP contribution in [0.2, 0.25) is 0 Å². The lowest BCUT2D eigenvalue weighted by Gasteiger charge is -2.27. The largest absolute Gasteiger partial charge is 0.465 e. The number of hydrogen-bond donors (Lipinski definition) is 2. The molecule has 0 aliphatic carbocycles. The average molecular weight is 421 g/mol. The van der Waals surface area contributed by atoms with Gasteiger partial charge in [0.15, 0.2) is 5.13 Å². The van der Waals surface area contributed by atoms with Crippen molar-refractivity contribution in [3.8, 4) is 0 Å². The number of carbonyl (C=O) groups excluding carboxylic acids is 2. The molecule has 0 aromatic carbocycles. The molecule has 11 heteroatoms. The second-order valence-electron chi connectivity index (χ2n) is 6.53. The number of H-pyrrole nitrogens is 1. The van der Waals surface area contributed by atoms with E-state index in [0.29, 0.717) is 59.2 Å². The van der Waals surface area contributed by atoms with Crippen molar-refractivity contribution in [3.63, 3.8) is 0 Å². The summed E-state index contributed by atoms with van der Waals surface area (Å²) >= 11 is 1.05. The third-order valence-corrected chi connectivity index (χ3v) is 5.59. The van der Waals surface area contributed by atoms with Crippen LogP contribution < -0.4 is 15.8 Å². The fourth-order valence-corrected chi connectivity index (χ4v) is 3.87. The van der Waals surface area contributed by atoms with Crippen molar-refractivity contribution in [2.45, 2.75) is 26.7 Å². The van der Waals surface area contributed by atoms with Gasteiger partial charge in [0.25, 0.3) is 5.56 Å². The second kappa shape index (κ2) is 9.14. The first-order chi connectivity index (χ1) is 13.9. The average Bonchev–Trinajstić information content (AvgIpc) is 3.07. The number of thiazole rings is 1. The maximum absolute atomic E-state index is 12.5. The molecule has 2 aromatic rings. The van der Waals surface area contributed by atoms with E-state index < -0.39 is 5.97 Å². The fraction of sp³-hybridized carbons (Fsp3) is 0.500. The van der Waals surface area contributed by atoms with Crippen LogP contribution in [0.15, 0.2) is 4.79 Å². The van der Waals surface area contributed by atoms with Crippen LogP contribution in [0.3, 0.4) is 0 Å². The standard InChI is InChI=1S/C18H23N5O5S/c1-10-12(15(25)22-17(19-10)23-6-8-28-9-7-23)4-5-13(24)21-18-20-11(2)14(29-18)16(26)27-3/h4-9H2,1-3H3,(H,19,22,25)(H,20,21,24). The lowest BCUT2D eigenvalue weighted by molar-refractivity contribution is -0.116. The number of aromatic nitrogens is 3. The van der Waals surface area contributed by atoms with Gasteiger partial charge in [-0.1, -0.05) is 11.3 Å². The number of aryl methyl sites for hydroxylation is 2. The van der Waals surface area contributed by atoms with E-state index in [9.17, 15) is 14.4 Å². The zero-order valence-electron chi connectivity index (χ0n) is 16.5. The van der Waals surface area contributed by atoms with Crippen LogP contribution in [-0.4, -0.2) is 60.2 Å². The molecule has 1 aliphatic rings. The minimum atomic E-state index is -0.492. The molecule has 10 nitrogen and oxygen atoms in total. The van der Waals surface area contributed by atoms with E-state index in [1.165, 1.54) is 7.11 Å². The van der Waals surface area contributed by atoms with Crippen LogP contribution in [0.25, 0.3) is 0 Å². The van der Waals surface area contributed by atoms with E-state index in [0.717, 1.165) is 11.3 Å². The number of rotatable bonds is 6. The zero-order chi connectivity index (χ0) is 21.0. The first-order valence-electron chi connectivity index (χ1n) is 9.17. The van der Waals surface area contributed by atoms with Crippen molar-refractivity contribution in [2.75, 3.05) is 43.6 Å². The lowest BCUT2D eigenvalue weighted by atomic mass is 10.1. The Kier molecular flexibility index (Phi) is 6.60. The first-order valence-corrected chi connectivity index (χ1v) is 9.98. The number of morpholine rings is 1. The Hall–Kier alpha value is -2.79. The van der Waals surface area contributed by atoms with E-state index in [1.807, 2.05) is 4.90 Å². The summed E-state index contributed by atoms with van der Waals surface area (Å²) in [6.45, 7) is 5.97. The van der Waals surface area contributed by atoms with Crippen molar-refractivity contribution in [1.29, 1.82) is 0 Å². The number of carbonyl (C=O) groups is 2. The van der Waals surface area contributed by atoms with Crippen molar-refractivity contribution >= 4 is 34.3 Å². The summed E-state index contributed by atoms with van der Waals surface area (Å²) in [5.74, 6) is -0.266. The highest BCUT2D eigenvalue weighted by atomic mass is 32.1. The summed E-state index contributed by atoms with van der Waals surface area (Å²) in [7, 11) is 1.29. The summed E-state index contributed by atoms with van der Waals surface area (Å²) in [4.78, 5) is 50.2. The predicted molar refractivity (Wildman–Crippen MR) is 108 cm³/mol. The Bertz CT molecular complexity index is 964. The Morgan fingerprint density at radius 2 is 1.97 bits per heavy atom. The quantitative estimate of drug-likeness (QED) is 0.663. The van der Waals surface area contributed by atoms with Crippen molar-refractivity contribution in [3.05, 3.63) is 32.2 Å². The van der Waals surface area contributed by atoms with Gasteiger partial charge in [-0.3, -0.25) is 14.6 Å². The van der Waals surface area contributed by atoms with Gasteiger partial charge in [-0.05, 0) is 20.3 Å². The van der Waals surface area contributed by atoms with Crippen LogP contribution in [0, 0.1) is 13.8 Å². The Balaban J connectivity index is 1.63. The zero-order valence-corrected chi connectivity index (χ0v) is 17.4. The van der Waals surface area contributed by atoms with Gasteiger partial charge in [-0.15, -0.1) is 0 Å². The molecule has 0 radical (unpaired) electrons. The molecule has 0 saturated carbocycles. The summed E-state index contributed by atoms with van der Waals surface area (Å²) in [5.41, 5.74) is 1.32. The van der Waals surface area contributed by atoms with Gasteiger partial charge in [0.2, 0.25) is 11.9 Å². The third kappa shape index (κ3) is 4.98. The van der Waals surface area contributed by atoms with Gasteiger partial charge in [0.1, 0.15) is 4.88 Å². The van der Waals surface area contributed by atoms with Crippen LogP contribution in [0.1, 0.15) is 33.0 Å². The summed E-state index contributed by atoms with van der Waals surface area (Å²) in [6, 6.07) is 0. The monoisotopic (exact) mass is 421 g/mol. The number of hydrogen-bond acceptors (Lipinski definition) is 9. The molecule has 0 bridgehead atoms. The number of amides is 1. The number of esters is 1. The Morgan fingerprint density at radius 3 is 2.62 bits per heavy atom. The summed E-state index contributed by atoms with van der Waals surface area (Å²) in [5, 5.41) is 2.98. The summed E-state index contributed by atoms with van der Waals surface area (Å²) < 4.78 is 10.00. The number of aromatic amines is 1. The van der Waals surface area contributed by atoms with Crippen LogP contribution in [0.5, 0.6) is 0 Å². The van der Waals surface area contributed by atoms with Crippen molar-refractivity contribution < 1.29 is 19.1 Å². The van der Waals surface area contributed by atoms with Gasteiger partial charge < -0.3 is 19.7 Å². The van der Waals surface area contributed by atoms with E-state index in [-0.39, 0.29) is 24.3 Å². The van der Waals surface area contributed by atoms with Crippen LogP contribution in [-0.2, 0) is 20.7 Å². The molecule has 1 aliphatic heterocycles. The Morgan fingerprint density at radius 1 is 1.24 bits per heavy atom. The molecular formula is C18H23N5O5S. The maximum Gasteiger partial charge on any atom is 0.350 e. The minimum Gasteiger partial charge on any atom is -0.465 e. The molecule has 29 heavy (non-hydrogen) atoms. The number of ether oxygens (including phenoxy) is 2. The third-order valence-electron chi connectivity index (χ3n) is 4.54. The molecule has 0 unspecified atom stereocenters. The van der Waals surface area contributed by atoms with Gasteiger partial charge in [0, 0.05) is 30.8 Å². The normalized spacial score (nSPS) is 14.0. The molecule has 2 N–H and O–H groups in total. The number of anilines is 2. The minimum absolute atomic E-state index is 0.0920. The predicted octanol–water partition coefficient (Wildman–Crippen LogP) is 1.04. The highest BCUT2D eigenvalue weighted by Gasteiger charge is 2.19. The molecule has 3 heterocycles. The molecule has 156 valence electrons. The van der Waals surface area contributed by atoms with Gasteiger partial charge in [0.05, 0.1) is 26.0 Å². The molecule has 0 spiro atoms. The first kappa shape index (κ1) is 20.9. The van der Waals surface area contributed by atoms with Crippen LogP contribution >= 0.6 is 11.3 Å². The van der Waals surface area contributed by atoms with E-state index >= 15 is 0 Å². The summed E-state index contributed by atoms with van der Waals surface area (Å²) in [6.07, 6.45) is 0.340. The molecule has 1 fully saturated rings. The molecule has 0 atom stereocenters. The smallest absolute Gasteiger partial charge is 0.350 e. The van der Waals surface area contributed by atoms with Crippen LogP contribution in [0.4, 0.5) is 11.1 Å². The molecular weight excluding hydrogens is 398 g/mol. The highest BCUT2D eigenvalue weighted by molar-refractivity contribution is 7.17. The van der Waals surface area contributed by atoms with Crippen molar-refractivity contribution in [2.24, 2.45) is 0 Å². The SMILES string of the molecule is COC(=O)c1sc(NC(=O)CCc2c(C)nc(N3CCOCC3)[nH]c2=O)nc1C. The lowest BCUT2D eigenvalue weighted by Crippen LogP contribution is -2.38. The molecule has 1 saturated heterocycles. The maximum atomic E-state index is 12.5. The topological polar surface area (TPSA) is 127 Å². The van der Waals surface area contributed by atoms with Gasteiger partial charge >= 0.3 is 5.97 Å². The van der Waals surface area contributed by atoms with Gasteiger partial charge in [-0.2, -0.15) is 0 Å². The molecule has 3 rings (SSSR count). The second-order valence-corrected chi connectivity index (χ2v) is 7.53. The van der Waals surface area contributed by atoms with E-state index in [4.69, 9.17) is 4.74 Å². The highest BCUT2D eigenvalue weighted by Crippen LogP contribution is 2.23. The van der Waals surface area contributed by atoms with E-state index in [2.05, 4.69) is 25.0 Å². The molecule has 2 aromatic heterocycles. The number of nitrogens with zero attached hydrogens (tertiary/aromatic N) is 3. The van der Waals surface area contributed by atoms with E-state index in [1.54, 1.807) is 13.8 Å². The number of methoxy groups -OCH3 is 1.